The van der Waals surface area contributed by atoms with Gasteiger partial charge in [-0.25, -0.2) is 19.0 Å². The maximum absolute atomic E-state index is 13.9. The molecule has 2 aromatic rings. The van der Waals surface area contributed by atoms with Gasteiger partial charge in [0, 0.05) is 73.7 Å². The number of aliphatic hydroxyl groups excluding tert-OH is 1. The number of aliphatic imine (C=N–C) groups is 1. The number of amides is 2. The van der Waals surface area contributed by atoms with E-state index in [1.54, 1.807) is 6.20 Å². The van der Waals surface area contributed by atoms with Crippen LogP contribution in [0.1, 0.15) is 43.3 Å². The highest BCUT2D eigenvalue weighted by molar-refractivity contribution is 7.11. The molecule has 2 fully saturated rings. The number of rotatable bonds is 10. The van der Waals surface area contributed by atoms with Crippen LogP contribution >= 0.6 is 22.9 Å². The van der Waals surface area contributed by atoms with Crippen molar-refractivity contribution in [2.75, 3.05) is 53.0 Å². The van der Waals surface area contributed by atoms with Crippen LogP contribution in [0.25, 0.3) is 0 Å². The number of carbonyl (C=O) groups is 2. The first-order chi connectivity index (χ1) is 20.1. The molecule has 1 unspecified atom stereocenters. The normalized spacial score (nSPS) is 21.4. The molecule has 10 nitrogen and oxygen atoms in total. The number of aliphatic hydroxyl groups is 1. The second-order valence-corrected chi connectivity index (χ2v) is 12.9. The molecule has 13 heteroatoms. The number of methoxy groups -OCH3 is 1. The second-order valence-electron chi connectivity index (χ2n) is 11.6. The van der Waals surface area contributed by atoms with E-state index in [9.17, 15) is 19.1 Å². The summed E-state index contributed by atoms with van der Waals surface area (Å²) in [7, 11) is 1.31. The lowest BCUT2D eigenvalue weighted by molar-refractivity contribution is -0.136. The fourth-order valence-corrected chi connectivity index (χ4v) is 6.55. The summed E-state index contributed by atoms with van der Waals surface area (Å²) >= 11 is 7.87. The zero-order chi connectivity index (χ0) is 30.0. The molecule has 2 amide bonds. The quantitative estimate of drug-likeness (QED) is 0.391. The molecule has 0 saturated carbocycles. The van der Waals surface area contributed by atoms with Crippen molar-refractivity contribution in [2.45, 2.75) is 38.8 Å². The van der Waals surface area contributed by atoms with Gasteiger partial charge in [-0.15, -0.1) is 11.3 Å². The number of nitrogens with zero attached hydrogens (tertiary/aromatic N) is 5. The van der Waals surface area contributed by atoms with Crippen molar-refractivity contribution < 1.29 is 23.8 Å². The summed E-state index contributed by atoms with van der Waals surface area (Å²) in [6, 6.07) is 3.29. The first-order valence-corrected chi connectivity index (χ1v) is 15.3. The Hall–Kier alpha value is -3.06. The molecule has 0 aliphatic carbocycles. The van der Waals surface area contributed by atoms with E-state index < -0.39 is 17.8 Å². The molecule has 2 N–H and O–H groups in total. The molecule has 2 atom stereocenters. The van der Waals surface area contributed by atoms with Gasteiger partial charge < -0.3 is 25.0 Å². The minimum absolute atomic E-state index is 0.0253. The van der Waals surface area contributed by atoms with E-state index in [1.807, 2.05) is 29.0 Å². The number of halogens is 2. The van der Waals surface area contributed by atoms with Crippen LogP contribution in [0.15, 0.2) is 46.0 Å². The number of thiazole rings is 1. The molecule has 2 saturated heterocycles. The number of nitrogens with one attached hydrogen (secondary N) is 1. The Labute approximate surface area is 253 Å². The fraction of sp³-hybridized carbons (Fsp3) is 0.517. The number of carbonyl (C=O) groups excluding carboxylic acids is 2. The van der Waals surface area contributed by atoms with Crippen molar-refractivity contribution in [3.8, 4) is 0 Å². The van der Waals surface area contributed by atoms with Gasteiger partial charge >= 0.3 is 12.0 Å². The van der Waals surface area contributed by atoms with E-state index in [2.05, 4.69) is 15.2 Å². The van der Waals surface area contributed by atoms with Crippen LogP contribution in [0.5, 0.6) is 0 Å². The Morgan fingerprint density at radius 3 is 2.81 bits per heavy atom. The number of esters is 1. The average Bonchev–Trinajstić information content (AvgIpc) is 3.61. The monoisotopic (exact) mass is 618 g/mol. The number of hydrogen-bond donors (Lipinski definition) is 2. The van der Waals surface area contributed by atoms with E-state index in [-0.39, 0.29) is 29.1 Å². The molecule has 3 aliphatic heterocycles. The SMILES string of the molecule is COC(=O)C1=C(CN2CCN3C(=O)N(CCCC(C)(C)CO)CC3C2)NC(c2nccs2)=N[C@H]1c1ccc(F)cc1Cl. The molecule has 42 heavy (non-hydrogen) atoms. The zero-order valence-corrected chi connectivity index (χ0v) is 25.6. The van der Waals surface area contributed by atoms with Crippen molar-refractivity contribution in [1.29, 1.82) is 0 Å². The van der Waals surface area contributed by atoms with Crippen LogP contribution in [-0.2, 0) is 9.53 Å². The lowest BCUT2D eigenvalue weighted by Gasteiger charge is -2.38. The molecule has 5 rings (SSSR count). The second kappa shape index (κ2) is 12.7. The number of piperazine rings is 1. The Morgan fingerprint density at radius 1 is 1.31 bits per heavy atom. The highest BCUT2D eigenvalue weighted by Crippen LogP contribution is 2.37. The number of benzene rings is 1. The van der Waals surface area contributed by atoms with Crippen LogP contribution in [0.2, 0.25) is 5.02 Å². The Morgan fingerprint density at radius 2 is 2.12 bits per heavy atom. The number of aromatic nitrogens is 1. The molecule has 0 radical (unpaired) electrons. The molecular weight excluding hydrogens is 583 g/mol. The van der Waals surface area contributed by atoms with Gasteiger partial charge in [0.25, 0.3) is 0 Å². The van der Waals surface area contributed by atoms with Crippen molar-refractivity contribution in [3.05, 3.63) is 62.5 Å². The third-order valence-electron chi connectivity index (χ3n) is 8.03. The summed E-state index contributed by atoms with van der Waals surface area (Å²) in [5.74, 6) is -0.554. The maximum Gasteiger partial charge on any atom is 0.338 e. The molecule has 0 bridgehead atoms. The van der Waals surface area contributed by atoms with Gasteiger partial charge in [0.1, 0.15) is 11.9 Å². The maximum atomic E-state index is 13.9. The lowest BCUT2D eigenvalue weighted by atomic mass is 9.89. The molecule has 3 aliphatic rings. The highest BCUT2D eigenvalue weighted by Gasteiger charge is 2.41. The number of amidine groups is 1. The smallest absolute Gasteiger partial charge is 0.338 e. The zero-order valence-electron chi connectivity index (χ0n) is 24.0. The van der Waals surface area contributed by atoms with Gasteiger partial charge in [0.05, 0.1) is 18.7 Å². The molecule has 4 heterocycles. The van der Waals surface area contributed by atoms with Gasteiger partial charge in [0.2, 0.25) is 0 Å². The Balaban J connectivity index is 1.37. The third-order valence-corrected chi connectivity index (χ3v) is 9.14. The minimum Gasteiger partial charge on any atom is -0.466 e. The van der Waals surface area contributed by atoms with E-state index in [4.69, 9.17) is 21.3 Å². The van der Waals surface area contributed by atoms with Gasteiger partial charge in [0.15, 0.2) is 10.8 Å². The van der Waals surface area contributed by atoms with Gasteiger partial charge in [-0.1, -0.05) is 31.5 Å². The molecule has 0 spiro atoms. The van der Waals surface area contributed by atoms with Crippen LogP contribution in [0.3, 0.4) is 0 Å². The van der Waals surface area contributed by atoms with Crippen LogP contribution < -0.4 is 5.32 Å². The summed E-state index contributed by atoms with van der Waals surface area (Å²) < 4.78 is 19.1. The number of ether oxygens (including phenoxy) is 1. The van der Waals surface area contributed by atoms with E-state index in [0.29, 0.717) is 66.9 Å². The first-order valence-electron chi connectivity index (χ1n) is 14.0. The van der Waals surface area contributed by atoms with Gasteiger partial charge in [-0.3, -0.25) is 9.89 Å². The lowest BCUT2D eigenvalue weighted by Crippen LogP contribution is -2.53. The molecule has 1 aromatic heterocycles. The number of hydrogen-bond acceptors (Lipinski definition) is 9. The predicted octanol–water partition coefficient (Wildman–Crippen LogP) is 3.67. The number of fused-ring (bicyclic) bond motifs is 1. The van der Waals surface area contributed by atoms with Crippen LogP contribution in [0, 0.1) is 11.2 Å². The van der Waals surface area contributed by atoms with Crippen molar-refractivity contribution in [2.24, 2.45) is 10.4 Å². The van der Waals surface area contributed by atoms with Crippen LogP contribution in [0.4, 0.5) is 9.18 Å². The molecular formula is C29H36ClFN6O4S. The average molecular weight is 619 g/mol. The van der Waals surface area contributed by atoms with Crippen LogP contribution in [-0.4, -0.2) is 102 Å². The largest absolute Gasteiger partial charge is 0.466 e. The highest BCUT2D eigenvalue weighted by atomic mass is 35.5. The minimum atomic E-state index is -0.825. The van der Waals surface area contributed by atoms with Gasteiger partial charge in [-0.2, -0.15) is 0 Å². The topological polar surface area (TPSA) is 111 Å². The number of urea groups is 1. The Bertz CT molecular complexity index is 1380. The van der Waals surface area contributed by atoms with E-state index in [0.717, 1.165) is 12.8 Å². The Kier molecular flexibility index (Phi) is 9.17. The summed E-state index contributed by atoms with van der Waals surface area (Å²) in [6.45, 7) is 7.66. The van der Waals surface area contributed by atoms with Crippen molar-refractivity contribution in [3.63, 3.8) is 0 Å². The summed E-state index contributed by atoms with van der Waals surface area (Å²) in [4.78, 5) is 41.6. The van der Waals surface area contributed by atoms with E-state index in [1.165, 1.54) is 36.6 Å². The first kappa shape index (κ1) is 30.4. The predicted molar refractivity (Wildman–Crippen MR) is 159 cm³/mol. The summed E-state index contributed by atoms with van der Waals surface area (Å²) in [5.41, 5.74) is 1.22. The van der Waals surface area contributed by atoms with Gasteiger partial charge in [-0.05, 0) is 30.4 Å². The fourth-order valence-electron chi connectivity index (χ4n) is 5.69. The van der Waals surface area contributed by atoms with Crippen molar-refractivity contribution in [1.82, 2.24) is 25.0 Å². The summed E-state index contributed by atoms with van der Waals surface area (Å²) in [5, 5.41) is 15.5. The summed E-state index contributed by atoms with van der Waals surface area (Å²) in [6.07, 6.45) is 3.34. The third kappa shape index (κ3) is 6.46. The van der Waals surface area contributed by atoms with Crippen molar-refractivity contribution >= 4 is 40.8 Å². The molecule has 1 aromatic carbocycles. The molecule has 226 valence electrons. The standard InChI is InChI=1S/C29H36ClFN6O4S/c1-29(2,17-38)7-4-9-36-15-19-14-35(10-11-37(19)28(36)40)16-22-23(27(39)41-3)24(20-6-5-18(31)13-21(20)30)34-25(33-22)26-32-8-12-42-26/h5-6,8,12-13,19,24,38H,4,7,9-11,14-17H2,1-3H3,(H,33,34)/t19?,24-/m0/s1. The van der Waals surface area contributed by atoms with E-state index >= 15 is 0 Å².